The lowest BCUT2D eigenvalue weighted by Crippen LogP contribution is -2.28. The van der Waals surface area contributed by atoms with Gasteiger partial charge in [0.25, 0.3) is 0 Å². The largest absolute Gasteiger partial charge is 0.370 e. The Kier molecular flexibility index (Phi) is 5.00. The minimum Gasteiger partial charge on any atom is -0.370 e. The number of hydrogen-bond donors (Lipinski definition) is 2. The molecule has 1 atom stereocenters. The first-order chi connectivity index (χ1) is 9.22. The molecule has 1 aliphatic rings. The van der Waals surface area contributed by atoms with Crippen molar-refractivity contribution < 1.29 is 0 Å². The van der Waals surface area contributed by atoms with Crippen LogP contribution in [0.15, 0.2) is 6.33 Å². The second-order valence-corrected chi connectivity index (χ2v) is 5.56. The van der Waals surface area contributed by atoms with Crippen molar-refractivity contribution in [2.24, 2.45) is 5.92 Å². The first kappa shape index (κ1) is 14.1. The summed E-state index contributed by atoms with van der Waals surface area (Å²) >= 11 is 0. The summed E-state index contributed by atoms with van der Waals surface area (Å²) in [6, 6.07) is 0.489. The molecular weight excluding hydrogens is 236 g/mol. The molecule has 4 heteroatoms. The maximum Gasteiger partial charge on any atom is 0.134 e. The van der Waals surface area contributed by atoms with Crippen LogP contribution >= 0.6 is 0 Å². The van der Waals surface area contributed by atoms with Gasteiger partial charge in [-0.3, -0.25) is 0 Å². The van der Waals surface area contributed by atoms with Gasteiger partial charge in [-0.25, -0.2) is 9.97 Å². The predicted octanol–water partition coefficient (Wildman–Crippen LogP) is 3.60. The highest BCUT2D eigenvalue weighted by atomic mass is 15.1. The van der Waals surface area contributed by atoms with Gasteiger partial charge in [-0.1, -0.05) is 19.3 Å². The van der Waals surface area contributed by atoms with E-state index in [2.05, 4.69) is 41.4 Å². The molecule has 1 aromatic heterocycles. The highest BCUT2D eigenvalue weighted by Gasteiger charge is 2.21. The van der Waals surface area contributed by atoms with Crippen LogP contribution in [0.4, 0.5) is 11.6 Å². The Balaban J connectivity index is 2.03. The maximum atomic E-state index is 4.39. The molecule has 4 nitrogen and oxygen atoms in total. The Hall–Kier alpha value is -1.32. The molecule has 1 aromatic rings. The fourth-order valence-electron chi connectivity index (χ4n) is 2.91. The first-order valence-electron chi connectivity index (χ1n) is 7.54. The lowest BCUT2D eigenvalue weighted by atomic mass is 9.84. The third-order valence-electron chi connectivity index (χ3n) is 4.15. The van der Waals surface area contributed by atoms with Crippen LogP contribution in [0.5, 0.6) is 0 Å². The van der Waals surface area contributed by atoms with E-state index in [0.717, 1.165) is 29.7 Å². The zero-order valence-electron chi connectivity index (χ0n) is 12.4. The quantitative estimate of drug-likeness (QED) is 0.851. The first-order valence-corrected chi connectivity index (χ1v) is 7.54. The van der Waals surface area contributed by atoms with Gasteiger partial charge in [-0.15, -0.1) is 0 Å². The summed E-state index contributed by atoms with van der Waals surface area (Å²) in [7, 11) is 0. The Labute approximate surface area is 116 Å². The minimum atomic E-state index is 0.489. The van der Waals surface area contributed by atoms with Crippen LogP contribution in [-0.2, 0) is 0 Å². The standard InChI is InChI=1S/C15H26N4/c1-4-16-14-11(2)15(18-10-17-14)19-12(3)13-8-6-5-7-9-13/h10,12-13H,4-9H2,1-3H3,(H2,16,17,18,19). The van der Waals surface area contributed by atoms with Crippen molar-refractivity contribution in [2.45, 2.75) is 58.9 Å². The Morgan fingerprint density at radius 1 is 1.21 bits per heavy atom. The number of aromatic nitrogens is 2. The van der Waals surface area contributed by atoms with E-state index in [-0.39, 0.29) is 0 Å². The average Bonchev–Trinajstić information content (AvgIpc) is 2.44. The molecular formula is C15H26N4. The molecule has 106 valence electrons. The second kappa shape index (κ2) is 6.73. The Bertz CT molecular complexity index is 399. The smallest absolute Gasteiger partial charge is 0.134 e. The van der Waals surface area contributed by atoms with Gasteiger partial charge in [0.1, 0.15) is 18.0 Å². The molecule has 0 saturated heterocycles. The SMILES string of the molecule is CCNc1ncnc(NC(C)C2CCCCC2)c1C. The topological polar surface area (TPSA) is 49.8 Å². The minimum absolute atomic E-state index is 0.489. The van der Waals surface area contributed by atoms with Gasteiger partial charge < -0.3 is 10.6 Å². The third-order valence-corrected chi connectivity index (χ3v) is 4.15. The van der Waals surface area contributed by atoms with E-state index in [1.807, 2.05) is 0 Å². The van der Waals surface area contributed by atoms with Gasteiger partial charge in [-0.2, -0.15) is 0 Å². The Morgan fingerprint density at radius 3 is 2.58 bits per heavy atom. The molecule has 1 unspecified atom stereocenters. The molecule has 0 bridgehead atoms. The summed E-state index contributed by atoms with van der Waals surface area (Å²) < 4.78 is 0. The summed E-state index contributed by atoms with van der Waals surface area (Å²) in [5.41, 5.74) is 1.12. The van der Waals surface area contributed by atoms with Crippen LogP contribution in [0.3, 0.4) is 0 Å². The normalized spacial score (nSPS) is 18.1. The van der Waals surface area contributed by atoms with Crippen LogP contribution < -0.4 is 10.6 Å². The van der Waals surface area contributed by atoms with E-state index < -0.39 is 0 Å². The van der Waals surface area contributed by atoms with Crippen LogP contribution in [0, 0.1) is 12.8 Å². The highest BCUT2D eigenvalue weighted by Crippen LogP contribution is 2.28. The van der Waals surface area contributed by atoms with Gasteiger partial charge in [-0.05, 0) is 39.5 Å². The van der Waals surface area contributed by atoms with Crippen molar-refractivity contribution in [3.05, 3.63) is 11.9 Å². The Morgan fingerprint density at radius 2 is 1.89 bits per heavy atom. The number of hydrogen-bond acceptors (Lipinski definition) is 4. The van der Waals surface area contributed by atoms with Gasteiger partial charge in [0.2, 0.25) is 0 Å². The summed E-state index contributed by atoms with van der Waals surface area (Å²) in [6.07, 6.45) is 8.49. The van der Waals surface area contributed by atoms with Crippen molar-refractivity contribution in [3.8, 4) is 0 Å². The van der Waals surface area contributed by atoms with Crippen LogP contribution in [0.1, 0.15) is 51.5 Å². The molecule has 0 amide bonds. The molecule has 0 aliphatic heterocycles. The summed E-state index contributed by atoms with van der Waals surface area (Å²) in [5.74, 6) is 2.70. The fraction of sp³-hybridized carbons (Fsp3) is 0.733. The van der Waals surface area contributed by atoms with E-state index in [0.29, 0.717) is 6.04 Å². The zero-order valence-corrected chi connectivity index (χ0v) is 12.4. The fourth-order valence-corrected chi connectivity index (χ4v) is 2.91. The molecule has 0 aromatic carbocycles. The van der Waals surface area contributed by atoms with Gasteiger partial charge in [0, 0.05) is 18.2 Å². The molecule has 1 aliphatic carbocycles. The third kappa shape index (κ3) is 3.58. The average molecular weight is 262 g/mol. The van der Waals surface area contributed by atoms with Crippen molar-refractivity contribution in [1.82, 2.24) is 9.97 Å². The van der Waals surface area contributed by atoms with Gasteiger partial charge >= 0.3 is 0 Å². The molecule has 0 spiro atoms. The summed E-state index contributed by atoms with van der Waals surface area (Å²) in [4.78, 5) is 8.68. The van der Waals surface area contributed by atoms with Crippen LogP contribution in [-0.4, -0.2) is 22.6 Å². The highest BCUT2D eigenvalue weighted by molar-refractivity contribution is 5.56. The molecule has 1 fully saturated rings. The lowest BCUT2D eigenvalue weighted by molar-refractivity contribution is 0.328. The van der Waals surface area contributed by atoms with Crippen molar-refractivity contribution in [1.29, 1.82) is 0 Å². The van der Waals surface area contributed by atoms with Gasteiger partial charge in [0.05, 0.1) is 0 Å². The number of nitrogens with one attached hydrogen (secondary N) is 2. The molecule has 2 rings (SSSR count). The van der Waals surface area contributed by atoms with Crippen LogP contribution in [0.25, 0.3) is 0 Å². The second-order valence-electron chi connectivity index (χ2n) is 5.56. The van der Waals surface area contributed by atoms with Crippen molar-refractivity contribution >= 4 is 11.6 Å². The number of anilines is 2. The predicted molar refractivity (Wildman–Crippen MR) is 80.6 cm³/mol. The number of rotatable bonds is 5. The van der Waals surface area contributed by atoms with E-state index in [9.17, 15) is 0 Å². The van der Waals surface area contributed by atoms with Crippen molar-refractivity contribution in [3.63, 3.8) is 0 Å². The van der Waals surface area contributed by atoms with E-state index in [1.54, 1.807) is 6.33 Å². The van der Waals surface area contributed by atoms with Crippen molar-refractivity contribution in [2.75, 3.05) is 17.2 Å². The van der Waals surface area contributed by atoms with Gasteiger partial charge in [0.15, 0.2) is 0 Å². The molecule has 1 saturated carbocycles. The van der Waals surface area contributed by atoms with E-state index >= 15 is 0 Å². The van der Waals surface area contributed by atoms with E-state index in [1.165, 1.54) is 32.1 Å². The van der Waals surface area contributed by atoms with Crippen LogP contribution in [0.2, 0.25) is 0 Å². The van der Waals surface area contributed by atoms with E-state index in [4.69, 9.17) is 0 Å². The summed E-state index contributed by atoms with van der Waals surface area (Å²) in [6.45, 7) is 7.33. The maximum absolute atomic E-state index is 4.39. The number of nitrogens with zero attached hydrogens (tertiary/aromatic N) is 2. The molecule has 0 radical (unpaired) electrons. The lowest BCUT2D eigenvalue weighted by Gasteiger charge is -2.29. The summed E-state index contributed by atoms with van der Waals surface area (Å²) in [5, 5.41) is 6.87. The monoisotopic (exact) mass is 262 g/mol. The molecule has 2 N–H and O–H groups in total. The molecule has 19 heavy (non-hydrogen) atoms. The molecule has 1 heterocycles. The zero-order chi connectivity index (χ0) is 13.7.